The molecule has 0 N–H and O–H groups in total. The molecule has 0 aromatic heterocycles. The predicted molar refractivity (Wildman–Crippen MR) is 98.6 cm³/mol. The van der Waals surface area contributed by atoms with Gasteiger partial charge in [0.15, 0.2) is 0 Å². The molecule has 0 bridgehead atoms. The molecule has 2 saturated heterocycles. The molecule has 0 saturated carbocycles. The molecule has 4 rings (SSSR count). The van der Waals surface area contributed by atoms with Gasteiger partial charge in [-0.15, -0.1) is 0 Å². The summed E-state index contributed by atoms with van der Waals surface area (Å²) >= 11 is 0. The number of imide groups is 1. The van der Waals surface area contributed by atoms with Crippen LogP contribution in [0.3, 0.4) is 0 Å². The highest BCUT2D eigenvalue weighted by Gasteiger charge is 2.43. The zero-order valence-electron chi connectivity index (χ0n) is 16.2. The smallest absolute Gasteiger partial charge is 0.261 e. The Kier molecular flexibility index (Phi) is 4.61. The molecular formula is C21H27NO5. The zero-order chi connectivity index (χ0) is 19.2. The van der Waals surface area contributed by atoms with Gasteiger partial charge in [-0.3, -0.25) is 14.5 Å². The minimum Gasteiger partial charge on any atom is -0.380 e. The number of hydrogen-bond acceptors (Lipinski definition) is 5. The van der Waals surface area contributed by atoms with E-state index in [4.69, 9.17) is 14.2 Å². The lowest BCUT2D eigenvalue weighted by molar-refractivity contribution is -0.172. The molecule has 6 heteroatoms. The first-order chi connectivity index (χ1) is 12.9. The van der Waals surface area contributed by atoms with Crippen molar-refractivity contribution < 1.29 is 23.8 Å². The summed E-state index contributed by atoms with van der Waals surface area (Å²) in [5.41, 5.74) is 2.05. The van der Waals surface area contributed by atoms with Gasteiger partial charge in [0, 0.05) is 10.8 Å². The van der Waals surface area contributed by atoms with Crippen LogP contribution in [0.15, 0.2) is 18.2 Å². The van der Waals surface area contributed by atoms with Crippen LogP contribution in [0.5, 0.6) is 0 Å². The Labute approximate surface area is 159 Å². The molecule has 6 nitrogen and oxygen atoms in total. The van der Waals surface area contributed by atoms with E-state index in [9.17, 15) is 9.59 Å². The van der Waals surface area contributed by atoms with E-state index in [2.05, 4.69) is 20.8 Å². The molecule has 146 valence electrons. The van der Waals surface area contributed by atoms with Crippen molar-refractivity contribution in [3.8, 4) is 0 Å². The number of hydrogen-bond donors (Lipinski definition) is 0. The molecule has 0 radical (unpaired) electrons. The number of fused-ring (bicyclic) bond motifs is 1. The minimum absolute atomic E-state index is 0.0296. The third kappa shape index (κ3) is 3.10. The van der Waals surface area contributed by atoms with E-state index in [1.807, 2.05) is 12.1 Å². The van der Waals surface area contributed by atoms with Crippen LogP contribution in [0.2, 0.25) is 0 Å². The molecule has 2 amide bonds. The summed E-state index contributed by atoms with van der Waals surface area (Å²) in [7, 11) is 0. The molecule has 0 spiro atoms. The van der Waals surface area contributed by atoms with Crippen LogP contribution in [-0.4, -0.2) is 56.3 Å². The average Bonchev–Trinajstić information content (AvgIpc) is 2.84. The summed E-state index contributed by atoms with van der Waals surface area (Å²) in [4.78, 5) is 26.7. The van der Waals surface area contributed by atoms with Crippen molar-refractivity contribution in [1.29, 1.82) is 0 Å². The van der Waals surface area contributed by atoms with Crippen LogP contribution in [0.25, 0.3) is 0 Å². The highest BCUT2D eigenvalue weighted by atomic mass is 16.5. The SMILES string of the molecule is CCC1(COCCN2C(=O)c3ccc(C4OCC4(C)C)cc3C2=O)COC1. The van der Waals surface area contributed by atoms with Gasteiger partial charge in [0.05, 0.1) is 56.8 Å². The van der Waals surface area contributed by atoms with Crippen LogP contribution in [-0.2, 0) is 14.2 Å². The quantitative estimate of drug-likeness (QED) is 0.543. The molecular weight excluding hydrogens is 346 g/mol. The maximum absolute atomic E-state index is 12.8. The van der Waals surface area contributed by atoms with Gasteiger partial charge in [-0.05, 0) is 24.1 Å². The van der Waals surface area contributed by atoms with E-state index in [0.717, 1.165) is 25.2 Å². The summed E-state index contributed by atoms with van der Waals surface area (Å²) in [6, 6.07) is 5.47. The standard InChI is InChI=1S/C21H27NO5/c1-4-21(12-26-13-21)11-25-8-7-22-18(23)15-6-5-14(9-16(15)19(22)24)17-20(2,3)10-27-17/h5-6,9,17H,4,7-8,10-13H2,1-3H3. The number of ether oxygens (including phenoxy) is 3. The third-order valence-corrected chi connectivity index (χ3v) is 6.06. The van der Waals surface area contributed by atoms with Gasteiger partial charge in [-0.2, -0.15) is 0 Å². The zero-order valence-corrected chi connectivity index (χ0v) is 16.2. The van der Waals surface area contributed by atoms with Gasteiger partial charge in [-0.1, -0.05) is 26.8 Å². The van der Waals surface area contributed by atoms with E-state index in [0.29, 0.717) is 30.9 Å². The Hall–Kier alpha value is -1.76. The number of amides is 2. The second-order valence-corrected chi connectivity index (χ2v) is 8.65. The van der Waals surface area contributed by atoms with Crippen LogP contribution in [0, 0.1) is 10.8 Å². The van der Waals surface area contributed by atoms with Gasteiger partial charge in [0.2, 0.25) is 0 Å². The predicted octanol–water partition coefficient (Wildman–Crippen LogP) is 2.82. The summed E-state index contributed by atoms with van der Waals surface area (Å²) in [5, 5.41) is 0. The molecule has 1 unspecified atom stereocenters. The summed E-state index contributed by atoms with van der Waals surface area (Å²) in [6.45, 7) is 9.77. The van der Waals surface area contributed by atoms with Crippen LogP contribution in [0.1, 0.15) is 59.6 Å². The lowest BCUT2D eigenvalue weighted by Crippen LogP contribution is -2.46. The summed E-state index contributed by atoms with van der Waals surface area (Å²) in [6.07, 6.45) is 0.973. The van der Waals surface area contributed by atoms with Crippen molar-refractivity contribution in [2.75, 3.05) is 39.6 Å². The molecule has 3 aliphatic heterocycles. The second kappa shape index (κ2) is 6.69. The fraction of sp³-hybridized carbons (Fsp3) is 0.619. The summed E-state index contributed by atoms with van der Waals surface area (Å²) in [5.74, 6) is -0.481. The first-order valence-corrected chi connectivity index (χ1v) is 9.64. The monoisotopic (exact) mass is 373 g/mol. The summed E-state index contributed by atoms with van der Waals surface area (Å²) < 4.78 is 16.7. The van der Waals surface area contributed by atoms with Crippen LogP contribution >= 0.6 is 0 Å². The number of carbonyl (C=O) groups excluding carboxylic acids is 2. The maximum atomic E-state index is 12.8. The van der Waals surface area contributed by atoms with E-state index < -0.39 is 0 Å². The topological polar surface area (TPSA) is 65.1 Å². The maximum Gasteiger partial charge on any atom is 0.261 e. The molecule has 1 atom stereocenters. The first-order valence-electron chi connectivity index (χ1n) is 9.64. The lowest BCUT2D eigenvalue weighted by atomic mass is 9.78. The number of rotatable bonds is 7. The van der Waals surface area contributed by atoms with Crippen molar-refractivity contribution in [2.24, 2.45) is 10.8 Å². The minimum atomic E-state index is -0.241. The van der Waals surface area contributed by atoms with Gasteiger partial charge in [0.25, 0.3) is 11.8 Å². The van der Waals surface area contributed by atoms with Gasteiger partial charge in [0.1, 0.15) is 0 Å². The van der Waals surface area contributed by atoms with E-state index >= 15 is 0 Å². The Balaban J connectivity index is 1.39. The lowest BCUT2D eigenvalue weighted by Gasteiger charge is -2.44. The fourth-order valence-electron chi connectivity index (χ4n) is 3.95. The van der Waals surface area contributed by atoms with Gasteiger partial charge >= 0.3 is 0 Å². The highest BCUT2D eigenvalue weighted by Crippen LogP contribution is 2.46. The molecule has 27 heavy (non-hydrogen) atoms. The molecule has 3 aliphatic rings. The number of carbonyl (C=O) groups is 2. The molecule has 1 aromatic rings. The van der Waals surface area contributed by atoms with Gasteiger partial charge < -0.3 is 14.2 Å². The van der Waals surface area contributed by atoms with Gasteiger partial charge in [-0.25, -0.2) is 0 Å². The number of nitrogens with zero attached hydrogens (tertiary/aromatic N) is 1. The van der Waals surface area contributed by atoms with Crippen LogP contribution in [0.4, 0.5) is 0 Å². The third-order valence-electron chi connectivity index (χ3n) is 6.06. The molecule has 1 aromatic carbocycles. The average molecular weight is 373 g/mol. The first kappa shape index (κ1) is 18.6. The van der Waals surface area contributed by atoms with Crippen molar-refractivity contribution in [1.82, 2.24) is 4.90 Å². The Bertz CT molecular complexity index is 762. The van der Waals surface area contributed by atoms with Crippen molar-refractivity contribution in [3.63, 3.8) is 0 Å². The molecule has 0 aliphatic carbocycles. The number of benzene rings is 1. The van der Waals surface area contributed by atoms with E-state index in [1.165, 1.54) is 4.90 Å². The molecule has 2 fully saturated rings. The van der Waals surface area contributed by atoms with Crippen molar-refractivity contribution >= 4 is 11.8 Å². The normalized spacial score (nSPS) is 25.1. The molecule has 3 heterocycles. The Morgan fingerprint density at radius 1 is 1.15 bits per heavy atom. The Morgan fingerprint density at radius 3 is 2.44 bits per heavy atom. The highest BCUT2D eigenvalue weighted by molar-refractivity contribution is 6.21. The van der Waals surface area contributed by atoms with E-state index in [-0.39, 0.29) is 35.3 Å². The largest absolute Gasteiger partial charge is 0.380 e. The Morgan fingerprint density at radius 2 is 1.89 bits per heavy atom. The van der Waals surface area contributed by atoms with Crippen molar-refractivity contribution in [3.05, 3.63) is 34.9 Å². The van der Waals surface area contributed by atoms with Crippen molar-refractivity contribution in [2.45, 2.75) is 33.3 Å². The fourth-order valence-corrected chi connectivity index (χ4v) is 3.95. The van der Waals surface area contributed by atoms with E-state index in [1.54, 1.807) is 6.07 Å². The second-order valence-electron chi connectivity index (χ2n) is 8.65. The van der Waals surface area contributed by atoms with Crippen LogP contribution < -0.4 is 0 Å².